The number of furan rings is 1. The molecule has 196 valence electrons. The van der Waals surface area contributed by atoms with Gasteiger partial charge in [-0.05, 0) is 91.0 Å². The summed E-state index contributed by atoms with van der Waals surface area (Å²) in [4.78, 5) is 0. The number of fused-ring (bicyclic) bond motifs is 6. The van der Waals surface area contributed by atoms with Crippen LogP contribution in [-0.2, 0) is 14.7 Å². The maximum absolute atomic E-state index is 6.63. The lowest BCUT2D eigenvalue weighted by molar-refractivity contribution is 0.00578. The van der Waals surface area contributed by atoms with Crippen molar-refractivity contribution in [2.75, 3.05) is 0 Å². The zero-order valence-corrected chi connectivity index (χ0v) is 24.5. The standard InChI is InChI=1S/C34H33BO3S/c1-32(2,3)22-13-14-24-29(19-22)39-30-18-21(17-26(31(24)30)35-37-33(4,5)34(6,7)38-35)20-12-15-28-25(16-20)23-10-8-9-11-27(23)36-28/h8-19H,1-7H3. The van der Waals surface area contributed by atoms with Crippen LogP contribution in [0.2, 0.25) is 0 Å². The van der Waals surface area contributed by atoms with Crippen LogP contribution in [0, 0.1) is 0 Å². The number of benzene rings is 4. The van der Waals surface area contributed by atoms with Gasteiger partial charge < -0.3 is 13.7 Å². The topological polar surface area (TPSA) is 31.6 Å². The fraction of sp³-hybridized carbons (Fsp3) is 0.294. The van der Waals surface area contributed by atoms with E-state index >= 15 is 0 Å². The normalized spacial score (nSPS) is 17.3. The third kappa shape index (κ3) is 3.86. The van der Waals surface area contributed by atoms with Crippen molar-refractivity contribution >= 4 is 66.0 Å². The van der Waals surface area contributed by atoms with E-state index in [-0.39, 0.29) is 5.41 Å². The minimum absolute atomic E-state index is 0.0901. The zero-order valence-electron chi connectivity index (χ0n) is 23.6. The Morgan fingerprint density at radius 2 is 1.38 bits per heavy atom. The monoisotopic (exact) mass is 532 g/mol. The molecule has 0 atom stereocenters. The van der Waals surface area contributed by atoms with Gasteiger partial charge in [-0.25, -0.2) is 0 Å². The Morgan fingerprint density at radius 3 is 2.13 bits per heavy atom. The highest BCUT2D eigenvalue weighted by molar-refractivity contribution is 7.26. The largest absolute Gasteiger partial charge is 0.495 e. The second-order valence-electron chi connectivity index (χ2n) is 12.9. The van der Waals surface area contributed by atoms with Crippen molar-refractivity contribution in [2.45, 2.75) is 65.1 Å². The fourth-order valence-electron chi connectivity index (χ4n) is 5.63. The lowest BCUT2D eigenvalue weighted by Crippen LogP contribution is -2.41. The Labute approximate surface area is 233 Å². The Morgan fingerprint density at radius 1 is 0.667 bits per heavy atom. The summed E-state index contributed by atoms with van der Waals surface area (Å²) in [5.74, 6) is 0. The summed E-state index contributed by atoms with van der Waals surface area (Å²) < 4.78 is 21.9. The van der Waals surface area contributed by atoms with Gasteiger partial charge in [-0.1, -0.05) is 63.2 Å². The molecule has 5 heteroatoms. The van der Waals surface area contributed by atoms with Gasteiger partial charge >= 0.3 is 7.12 Å². The molecular weight excluding hydrogens is 499 g/mol. The Kier molecular flexibility index (Phi) is 5.23. The van der Waals surface area contributed by atoms with Crippen LogP contribution in [0.4, 0.5) is 0 Å². The molecule has 1 fully saturated rings. The number of rotatable bonds is 2. The second-order valence-corrected chi connectivity index (χ2v) is 14.0. The predicted octanol–water partition coefficient (Wildman–Crippen LogP) is 9.22. The van der Waals surface area contributed by atoms with Crippen molar-refractivity contribution in [3.63, 3.8) is 0 Å². The van der Waals surface area contributed by atoms with Crippen LogP contribution in [0.1, 0.15) is 54.0 Å². The van der Waals surface area contributed by atoms with Crippen molar-refractivity contribution in [1.82, 2.24) is 0 Å². The molecule has 0 bridgehead atoms. The number of thiophene rings is 1. The van der Waals surface area contributed by atoms with E-state index in [2.05, 4.69) is 109 Å². The van der Waals surface area contributed by atoms with E-state index in [1.54, 1.807) is 0 Å². The van der Waals surface area contributed by atoms with Crippen molar-refractivity contribution in [1.29, 1.82) is 0 Å². The molecule has 0 amide bonds. The summed E-state index contributed by atoms with van der Waals surface area (Å²) in [7, 11) is -0.448. The Balaban J connectivity index is 1.48. The van der Waals surface area contributed by atoms with E-state index in [0.717, 1.165) is 38.5 Å². The van der Waals surface area contributed by atoms with E-state index in [1.807, 2.05) is 23.5 Å². The summed E-state index contributed by atoms with van der Waals surface area (Å²) in [6.07, 6.45) is 0. The van der Waals surface area contributed by atoms with Gasteiger partial charge in [0.1, 0.15) is 11.2 Å². The number of para-hydroxylation sites is 1. The minimum atomic E-state index is -0.448. The average molecular weight is 533 g/mol. The lowest BCUT2D eigenvalue weighted by atomic mass is 9.75. The van der Waals surface area contributed by atoms with E-state index in [4.69, 9.17) is 13.7 Å². The van der Waals surface area contributed by atoms with E-state index in [1.165, 1.54) is 25.7 Å². The summed E-state index contributed by atoms with van der Waals surface area (Å²) in [6, 6.07) is 26.3. The van der Waals surface area contributed by atoms with E-state index < -0.39 is 18.3 Å². The Bertz CT molecular complexity index is 1900. The SMILES string of the molecule is CC(C)(C)c1ccc2c(c1)sc1cc(-c3ccc4oc5ccccc5c4c3)cc(B3OC(C)(C)C(C)(C)O3)c12. The van der Waals surface area contributed by atoms with Crippen molar-refractivity contribution in [3.05, 3.63) is 78.4 Å². The van der Waals surface area contributed by atoms with Crippen molar-refractivity contribution in [3.8, 4) is 11.1 Å². The molecule has 0 radical (unpaired) electrons. The van der Waals surface area contributed by atoms with Crippen LogP contribution in [0.5, 0.6) is 0 Å². The first kappa shape index (κ1) is 24.9. The first-order valence-electron chi connectivity index (χ1n) is 13.7. The highest BCUT2D eigenvalue weighted by atomic mass is 32.1. The first-order valence-corrected chi connectivity index (χ1v) is 14.5. The third-order valence-corrected chi connectivity index (χ3v) is 9.79. The number of hydrogen-bond donors (Lipinski definition) is 0. The van der Waals surface area contributed by atoms with Crippen LogP contribution in [0.3, 0.4) is 0 Å². The molecule has 2 aromatic heterocycles. The molecule has 7 rings (SSSR count). The summed E-state index contributed by atoms with van der Waals surface area (Å²) in [5.41, 5.74) is 5.82. The lowest BCUT2D eigenvalue weighted by Gasteiger charge is -2.32. The van der Waals surface area contributed by atoms with Gasteiger partial charge in [0.25, 0.3) is 0 Å². The molecule has 0 N–H and O–H groups in total. The molecule has 1 aliphatic heterocycles. The molecule has 1 aliphatic rings. The van der Waals surface area contributed by atoms with Gasteiger partial charge in [0.15, 0.2) is 0 Å². The van der Waals surface area contributed by atoms with Crippen LogP contribution in [0.25, 0.3) is 53.2 Å². The van der Waals surface area contributed by atoms with Crippen molar-refractivity contribution < 1.29 is 13.7 Å². The molecule has 0 saturated carbocycles. The van der Waals surface area contributed by atoms with Gasteiger partial charge in [-0.15, -0.1) is 11.3 Å². The highest BCUT2D eigenvalue weighted by Gasteiger charge is 2.52. The Hall–Kier alpha value is -3.12. The molecule has 6 aromatic rings. The number of hydrogen-bond acceptors (Lipinski definition) is 4. The van der Waals surface area contributed by atoms with Gasteiger partial charge in [0.2, 0.25) is 0 Å². The fourth-order valence-corrected chi connectivity index (χ4v) is 6.85. The highest BCUT2D eigenvalue weighted by Crippen LogP contribution is 2.42. The zero-order chi connectivity index (χ0) is 27.3. The van der Waals surface area contributed by atoms with Crippen LogP contribution in [-0.4, -0.2) is 18.3 Å². The third-order valence-electron chi connectivity index (χ3n) is 8.69. The molecule has 39 heavy (non-hydrogen) atoms. The molecule has 3 nitrogen and oxygen atoms in total. The van der Waals surface area contributed by atoms with Crippen LogP contribution >= 0.6 is 11.3 Å². The molecule has 4 aromatic carbocycles. The molecular formula is C34H33BO3S. The maximum atomic E-state index is 6.63. The quantitative estimate of drug-likeness (QED) is 0.208. The average Bonchev–Trinajstić information content (AvgIpc) is 3.50. The summed E-state index contributed by atoms with van der Waals surface area (Å²) in [6.45, 7) is 15.3. The van der Waals surface area contributed by atoms with Gasteiger partial charge in [-0.3, -0.25) is 0 Å². The first-order chi connectivity index (χ1) is 18.4. The molecule has 0 aliphatic carbocycles. The minimum Gasteiger partial charge on any atom is -0.456 e. The van der Waals surface area contributed by atoms with E-state index in [9.17, 15) is 0 Å². The van der Waals surface area contributed by atoms with Gasteiger partial charge in [0.05, 0.1) is 11.2 Å². The second kappa shape index (κ2) is 8.20. The van der Waals surface area contributed by atoms with Gasteiger partial charge in [-0.2, -0.15) is 0 Å². The maximum Gasteiger partial charge on any atom is 0.495 e. The van der Waals surface area contributed by atoms with Crippen molar-refractivity contribution in [2.24, 2.45) is 0 Å². The molecule has 0 unspecified atom stereocenters. The van der Waals surface area contributed by atoms with Gasteiger partial charge in [0, 0.05) is 25.6 Å². The molecule has 1 saturated heterocycles. The van der Waals surface area contributed by atoms with Crippen LogP contribution < -0.4 is 5.46 Å². The summed E-state index contributed by atoms with van der Waals surface area (Å²) in [5, 5.41) is 4.76. The van der Waals surface area contributed by atoms with Crippen LogP contribution in [0.15, 0.2) is 77.2 Å². The molecule has 3 heterocycles. The molecule has 0 spiro atoms. The predicted molar refractivity (Wildman–Crippen MR) is 166 cm³/mol. The smallest absolute Gasteiger partial charge is 0.456 e. The summed E-state index contributed by atoms with van der Waals surface area (Å²) >= 11 is 1.85. The van der Waals surface area contributed by atoms with E-state index in [0.29, 0.717) is 0 Å².